The fourth-order valence-corrected chi connectivity index (χ4v) is 4.96. The van der Waals surface area contributed by atoms with Gasteiger partial charge in [-0.05, 0) is 54.8 Å². The third-order valence-electron chi connectivity index (χ3n) is 6.53. The molecule has 184 valence electrons. The quantitative estimate of drug-likeness (QED) is 0.421. The van der Waals surface area contributed by atoms with E-state index >= 15 is 0 Å². The molecule has 0 radical (unpaired) electrons. The molecule has 1 heterocycles. The number of rotatable bonds is 7. The third kappa shape index (κ3) is 5.85. The Hall–Kier alpha value is -3.32. The minimum Gasteiger partial charge on any atom is -0.497 e. The summed E-state index contributed by atoms with van der Waals surface area (Å²) in [5, 5.41) is 0. The number of halogens is 3. The van der Waals surface area contributed by atoms with Crippen molar-refractivity contribution in [3.8, 4) is 5.75 Å². The summed E-state index contributed by atoms with van der Waals surface area (Å²) in [6.07, 6.45) is -3.49. The van der Waals surface area contributed by atoms with Crippen LogP contribution in [0.4, 0.5) is 13.2 Å². The number of carbonyl (C=O) groups excluding carboxylic acids is 1. The molecule has 3 aromatic rings. The third-order valence-corrected chi connectivity index (χ3v) is 6.53. The first-order valence-electron chi connectivity index (χ1n) is 11.7. The van der Waals surface area contributed by atoms with E-state index < -0.39 is 24.2 Å². The van der Waals surface area contributed by atoms with Gasteiger partial charge >= 0.3 is 6.18 Å². The lowest BCUT2D eigenvalue weighted by atomic mass is 9.79. The van der Waals surface area contributed by atoms with Crippen LogP contribution in [0.1, 0.15) is 34.3 Å². The molecular formula is C28H29F3N2O2. The fraction of sp³-hybridized carbons (Fsp3) is 0.321. The summed E-state index contributed by atoms with van der Waals surface area (Å²) in [7, 11) is 1.52. The molecule has 1 aliphatic heterocycles. The van der Waals surface area contributed by atoms with Crippen LogP contribution in [-0.4, -0.2) is 48.6 Å². The van der Waals surface area contributed by atoms with Gasteiger partial charge in [0.15, 0.2) is 0 Å². The van der Waals surface area contributed by atoms with Crippen molar-refractivity contribution in [3.05, 3.63) is 102 Å². The van der Waals surface area contributed by atoms with Crippen LogP contribution in [0.15, 0.2) is 84.9 Å². The highest BCUT2D eigenvalue weighted by atomic mass is 19.4. The van der Waals surface area contributed by atoms with Gasteiger partial charge in [0.2, 0.25) is 0 Å². The smallest absolute Gasteiger partial charge is 0.406 e. The maximum atomic E-state index is 14.0. The zero-order chi connectivity index (χ0) is 24.9. The van der Waals surface area contributed by atoms with E-state index in [1.807, 2.05) is 30.3 Å². The van der Waals surface area contributed by atoms with Gasteiger partial charge in [0, 0.05) is 18.7 Å². The molecule has 4 rings (SSSR count). The lowest BCUT2D eigenvalue weighted by Gasteiger charge is -2.50. The topological polar surface area (TPSA) is 32.8 Å². The van der Waals surface area contributed by atoms with Crippen molar-refractivity contribution >= 4 is 5.91 Å². The summed E-state index contributed by atoms with van der Waals surface area (Å²) >= 11 is 0. The molecule has 0 aromatic heterocycles. The van der Waals surface area contributed by atoms with E-state index in [1.165, 1.54) is 7.11 Å². The lowest BCUT2D eigenvalue weighted by Crippen LogP contribution is -2.60. The van der Waals surface area contributed by atoms with Crippen LogP contribution in [-0.2, 0) is 12.1 Å². The van der Waals surface area contributed by atoms with E-state index in [0.717, 1.165) is 17.0 Å². The molecule has 1 fully saturated rings. The molecule has 0 saturated carbocycles. The number of amides is 1. The largest absolute Gasteiger partial charge is 0.497 e. The number of benzene rings is 3. The number of hydrogen-bond acceptors (Lipinski definition) is 3. The summed E-state index contributed by atoms with van der Waals surface area (Å²) in [5.41, 5.74) is 0.775. The van der Waals surface area contributed by atoms with Crippen LogP contribution >= 0.6 is 0 Å². The summed E-state index contributed by atoms with van der Waals surface area (Å²) in [6.45, 7) is 0.271. The number of alkyl halides is 3. The van der Waals surface area contributed by atoms with Gasteiger partial charge in [-0.15, -0.1) is 0 Å². The van der Waals surface area contributed by atoms with Gasteiger partial charge < -0.3 is 9.64 Å². The molecule has 0 spiro atoms. The monoisotopic (exact) mass is 482 g/mol. The van der Waals surface area contributed by atoms with Crippen molar-refractivity contribution in [1.29, 1.82) is 0 Å². The van der Waals surface area contributed by atoms with Gasteiger partial charge in [0.05, 0.1) is 12.6 Å². The fourth-order valence-electron chi connectivity index (χ4n) is 4.96. The molecule has 0 bridgehead atoms. The van der Waals surface area contributed by atoms with Crippen LogP contribution in [0.2, 0.25) is 0 Å². The Balaban J connectivity index is 1.81. The second kappa shape index (κ2) is 10.5. The van der Waals surface area contributed by atoms with Gasteiger partial charge in [0.1, 0.15) is 12.3 Å². The molecule has 7 heteroatoms. The standard InChI is InChI=1S/C28H29F3N2O2/c1-35-25-15-8-14-24(18-25)27(16-9-17-32(20-27)19-22-10-4-2-5-11-22)33(21-28(29,30)31)26(34)23-12-6-3-7-13-23/h2-8,10-15,18H,9,16-17,19-21H2,1H3. The van der Waals surface area contributed by atoms with Crippen molar-refractivity contribution in [2.24, 2.45) is 0 Å². The second-order valence-corrected chi connectivity index (χ2v) is 8.94. The van der Waals surface area contributed by atoms with Crippen molar-refractivity contribution in [2.45, 2.75) is 31.1 Å². The average Bonchev–Trinajstić information content (AvgIpc) is 2.87. The Morgan fingerprint density at radius 1 is 1.00 bits per heavy atom. The molecule has 0 aliphatic carbocycles. The Bertz CT molecular complexity index is 1120. The highest BCUT2D eigenvalue weighted by molar-refractivity contribution is 5.95. The Labute approximate surface area is 203 Å². The molecule has 1 unspecified atom stereocenters. The summed E-state index contributed by atoms with van der Waals surface area (Å²) < 4.78 is 47.3. The van der Waals surface area contributed by atoms with Crippen LogP contribution in [0.5, 0.6) is 5.75 Å². The lowest BCUT2D eigenvalue weighted by molar-refractivity contribution is -0.157. The molecule has 1 aliphatic rings. The van der Waals surface area contributed by atoms with E-state index in [-0.39, 0.29) is 12.1 Å². The van der Waals surface area contributed by atoms with Crippen LogP contribution < -0.4 is 4.74 Å². The first-order valence-corrected chi connectivity index (χ1v) is 11.7. The van der Waals surface area contributed by atoms with Crippen molar-refractivity contribution in [1.82, 2.24) is 9.80 Å². The normalized spacial score (nSPS) is 18.7. The Kier molecular flexibility index (Phi) is 7.45. The van der Waals surface area contributed by atoms with Crippen LogP contribution in [0, 0.1) is 0 Å². The summed E-state index contributed by atoms with van der Waals surface area (Å²) in [5.74, 6) is -0.0894. The van der Waals surface area contributed by atoms with E-state index in [1.54, 1.807) is 54.6 Å². The molecule has 3 aromatic carbocycles. The number of methoxy groups -OCH3 is 1. The number of hydrogen-bond donors (Lipinski definition) is 0. The van der Waals surface area contributed by atoms with Crippen molar-refractivity contribution in [2.75, 3.05) is 26.7 Å². The van der Waals surface area contributed by atoms with Gasteiger partial charge in [-0.2, -0.15) is 13.2 Å². The van der Waals surface area contributed by atoms with Gasteiger partial charge in [-0.1, -0.05) is 60.7 Å². The summed E-state index contributed by atoms with van der Waals surface area (Å²) in [4.78, 5) is 16.9. The zero-order valence-electron chi connectivity index (χ0n) is 19.7. The highest BCUT2D eigenvalue weighted by Crippen LogP contribution is 2.41. The maximum absolute atomic E-state index is 14.0. The van der Waals surface area contributed by atoms with Gasteiger partial charge in [-0.25, -0.2) is 0 Å². The predicted molar refractivity (Wildman–Crippen MR) is 129 cm³/mol. The predicted octanol–water partition coefficient (Wildman–Crippen LogP) is 5.89. The first-order chi connectivity index (χ1) is 16.8. The van der Waals surface area contributed by atoms with E-state index in [2.05, 4.69) is 4.90 Å². The first kappa shape index (κ1) is 24.8. The molecule has 1 amide bonds. The minimum absolute atomic E-state index is 0.235. The van der Waals surface area contributed by atoms with Gasteiger partial charge in [-0.3, -0.25) is 9.69 Å². The minimum atomic E-state index is -4.56. The molecule has 4 nitrogen and oxygen atoms in total. The molecule has 1 atom stereocenters. The zero-order valence-corrected chi connectivity index (χ0v) is 19.7. The van der Waals surface area contributed by atoms with Crippen molar-refractivity contribution in [3.63, 3.8) is 0 Å². The van der Waals surface area contributed by atoms with Crippen LogP contribution in [0.3, 0.4) is 0 Å². The highest BCUT2D eigenvalue weighted by Gasteiger charge is 2.48. The Morgan fingerprint density at radius 3 is 2.34 bits per heavy atom. The van der Waals surface area contributed by atoms with E-state index in [0.29, 0.717) is 30.7 Å². The molecule has 35 heavy (non-hydrogen) atoms. The Morgan fingerprint density at radius 2 is 1.69 bits per heavy atom. The van der Waals surface area contributed by atoms with E-state index in [9.17, 15) is 18.0 Å². The number of ether oxygens (including phenoxy) is 1. The molecular weight excluding hydrogens is 453 g/mol. The van der Waals surface area contributed by atoms with Gasteiger partial charge in [0.25, 0.3) is 5.91 Å². The number of carbonyl (C=O) groups is 1. The number of piperidine rings is 1. The van der Waals surface area contributed by atoms with Crippen molar-refractivity contribution < 1.29 is 22.7 Å². The van der Waals surface area contributed by atoms with E-state index in [4.69, 9.17) is 4.74 Å². The molecule has 0 N–H and O–H groups in total. The molecule has 1 saturated heterocycles. The van der Waals surface area contributed by atoms with Crippen LogP contribution in [0.25, 0.3) is 0 Å². The second-order valence-electron chi connectivity index (χ2n) is 8.94. The number of likely N-dealkylation sites (tertiary alicyclic amines) is 1. The number of nitrogens with zero attached hydrogens (tertiary/aromatic N) is 2. The summed E-state index contributed by atoms with van der Waals surface area (Å²) in [6, 6.07) is 25.1. The average molecular weight is 483 g/mol. The maximum Gasteiger partial charge on any atom is 0.406 e. The SMILES string of the molecule is COc1cccc(C2(N(CC(F)(F)F)C(=O)c3ccccc3)CCCN(Cc3ccccc3)C2)c1.